The second-order valence-electron chi connectivity index (χ2n) is 4.62. The molecule has 0 bridgehead atoms. The number of nitrogens with one attached hydrogen (secondary N) is 1. The van der Waals surface area contributed by atoms with Gasteiger partial charge >= 0.3 is 0 Å². The minimum atomic E-state index is 0.658. The van der Waals surface area contributed by atoms with Gasteiger partial charge in [-0.25, -0.2) is 0 Å². The molecular formula is C15H23NO. The van der Waals surface area contributed by atoms with Crippen molar-refractivity contribution in [1.82, 2.24) is 5.32 Å². The normalized spacial score (nSPS) is 10.5. The molecule has 2 nitrogen and oxygen atoms in total. The van der Waals surface area contributed by atoms with Gasteiger partial charge in [-0.2, -0.15) is 0 Å². The summed E-state index contributed by atoms with van der Waals surface area (Å²) in [6.45, 7) is 13.2. The van der Waals surface area contributed by atoms with E-state index in [0.717, 1.165) is 25.3 Å². The maximum absolute atomic E-state index is 5.42. The van der Waals surface area contributed by atoms with Crippen molar-refractivity contribution in [3.63, 3.8) is 0 Å². The maximum atomic E-state index is 5.42. The maximum Gasteiger partial charge on any atom is 0.0672 e. The molecule has 1 aromatic carbocycles. The van der Waals surface area contributed by atoms with E-state index < -0.39 is 0 Å². The third kappa shape index (κ3) is 5.66. The van der Waals surface area contributed by atoms with Crippen molar-refractivity contribution in [2.45, 2.75) is 27.3 Å². The summed E-state index contributed by atoms with van der Waals surface area (Å²) in [4.78, 5) is 0. The van der Waals surface area contributed by atoms with Crippen molar-refractivity contribution in [3.05, 3.63) is 47.0 Å². The largest absolute Gasteiger partial charge is 0.376 e. The molecule has 0 saturated heterocycles. The summed E-state index contributed by atoms with van der Waals surface area (Å²) in [6, 6.07) is 6.56. The third-order valence-electron chi connectivity index (χ3n) is 2.59. The van der Waals surface area contributed by atoms with Gasteiger partial charge in [0.1, 0.15) is 0 Å². The number of aryl methyl sites for hydroxylation is 2. The van der Waals surface area contributed by atoms with E-state index in [9.17, 15) is 0 Å². The molecule has 1 rings (SSSR count). The van der Waals surface area contributed by atoms with Crippen LogP contribution in [0.25, 0.3) is 0 Å². The van der Waals surface area contributed by atoms with Gasteiger partial charge in [-0.3, -0.25) is 0 Å². The van der Waals surface area contributed by atoms with E-state index in [-0.39, 0.29) is 0 Å². The van der Waals surface area contributed by atoms with E-state index in [2.05, 4.69) is 43.9 Å². The van der Waals surface area contributed by atoms with E-state index in [1.807, 2.05) is 6.92 Å². The summed E-state index contributed by atoms with van der Waals surface area (Å²) >= 11 is 0. The Hall–Kier alpha value is -1.12. The van der Waals surface area contributed by atoms with E-state index in [4.69, 9.17) is 4.74 Å². The molecule has 0 aliphatic rings. The highest BCUT2D eigenvalue weighted by atomic mass is 16.5. The van der Waals surface area contributed by atoms with Crippen molar-refractivity contribution in [2.75, 3.05) is 19.8 Å². The molecular weight excluding hydrogens is 210 g/mol. The first-order valence-corrected chi connectivity index (χ1v) is 6.08. The van der Waals surface area contributed by atoms with Crippen LogP contribution in [-0.4, -0.2) is 19.8 Å². The summed E-state index contributed by atoms with van der Waals surface area (Å²) in [5.74, 6) is 0. The van der Waals surface area contributed by atoms with Crippen molar-refractivity contribution < 1.29 is 4.74 Å². The van der Waals surface area contributed by atoms with Crippen LogP contribution in [0.1, 0.15) is 23.6 Å². The molecule has 0 aromatic heterocycles. The highest BCUT2D eigenvalue weighted by Gasteiger charge is 1.97. The third-order valence-corrected chi connectivity index (χ3v) is 2.59. The summed E-state index contributed by atoms with van der Waals surface area (Å²) in [5.41, 5.74) is 5.09. The fourth-order valence-corrected chi connectivity index (χ4v) is 1.66. The van der Waals surface area contributed by atoms with Crippen LogP contribution in [0.4, 0.5) is 0 Å². The second-order valence-corrected chi connectivity index (χ2v) is 4.62. The number of hydrogen-bond donors (Lipinski definition) is 1. The molecule has 0 spiro atoms. The molecule has 0 aliphatic heterocycles. The lowest BCUT2D eigenvalue weighted by Crippen LogP contribution is -2.20. The summed E-state index contributed by atoms with van der Waals surface area (Å²) in [6.07, 6.45) is 0. The van der Waals surface area contributed by atoms with Crippen LogP contribution in [0.5, 0.6) is 0 Å². The van der Waals surface area contributed by atoms with Crippen molar-refractivity contribution in [3.8, 4) is 0 Å². The summed E-state index contributed by atoms with van der Waals surface area (Å²) in [7, 11) is 0. The lowest BCUT2D eigenvalue weighted by molar-refractivity contribution is 0.157. The zero-order valence-electron chi connectivity index (χ0n) is 11.2. The molecule has 0 unspecified atom stereocenters. The molecule has 1 N–H and O–H groups in total. The Morgan fingerprint density at radius 1 is 1.35 bits per heavy atom. The summed E-state index contributed by atoms with van der Waals surface area (Å²) in [5, 5.41) is 3.38. The Kier molecular flexibility index (Phi) is 5.95. The average molecular weight is 233 g/mol. The first kappa shape index (κ1) is 13.9. The van der Waals surface area contributed by atoms with Gasteiger partial charge in [0, 0.05) is 13.1 Å². The van der Waals surface area contributed by atoms with Crippen LogP contribution in [0.2, 0.25) is 0 Å². The van der Waals surface area contributed by atoms with Crippen molar-refractivity contribution in [1.29, 1.82) is 0 Å². The van der Waals surface area contributed by atoms with Crippen LogP contribution in [0, 0.1) is 13.8 Å². The first-order valence-electron chi connectivity index (χ1n) is 6.08. The highest BCUT2D eigenvalue weighted by Crippen LogP contribution is 2.09. The molecule has 0 fully saturated rings. The van der Waals surface area contributed by atoms with Gasteiger partial charge in [-0.05, 0) is 31.9 Å². The fraction of sp³-hybridized carbons (Fsp3) is 0.467. The lowest BCUT2D eigenvalue weighted by Gasteiger charge is -2.09. The smallest absolute Gasteiger partial charge is 0.0672 e. The molecule has 0 atom stereocenters. The van der Waals surface area contributed by atoms with Gasteiger partial charge in [0.05, 0.1) is 13.2 Å². The molecule has 94 valence electrons. The van der Waals surface area contributed by atoms with Gasteiger partial charge in [-0.1, -0.05) is 35.9 Å². The van der Waals surface area contributed by atoms with E-state index in [0.29, 0.717) is 6.61 Å². The van der Waals surface area contributed by atoms with E-state index in [1.165, 1.54) is 16.7 Å². The Labute approximate surface area is 105 Å². The first-order chi connectivity index (χ1) is 8.09. The van der Waals surface area contributed by atoms with Crippen LogP contribution >= 0.6 is 0 Å². The predicted octanol–water partition coefficient (Wildman–Crippen LogP) is 2.99. The molecule has 0 radical (unpaired) electrons. The Balaban J connectivity index is 2.20. The Bertz CT molecular complexity index is 371. The van der Waals surface area contributed by atoms with Crippen LogP contribution in [0.15, 0.2) is 30.4 Å². The number of benzene rings is 1. The van der Waals surface area contributed by atoms with Crippen molar-refractivity contribution >= 4 is 0 Å². The lowest BCUT2D eigenvalue weighted by atomic mass is 10.1. The number of rotatable bonds is 7. The quantitative estimate of drug-likeness (QED) is 0.577. The Morgan fingerprint density at radius 3 is 2.76 bits per heavy atom. The number of ether oxygens (including phenoxy) is 1. The average Bonchev–Trinajstić information content (AvgIpc) is 2.25. The Morgan fingerprint density at radius 2 is 2.12 bits per heavy atom. The molecule has 1 aromatic rings. The van der Waals surface area contributed by atoms with Crippen LogP contribution in [-0.2, 0) is 11.3 Å². The second kappa shape index (κ2) is 7.25. The standard InChI is InChI=1S/C15H23NO/c1-12(2)11-17-8-7-16-10-15-6-5-13(3)9-14(15)4/h5-6,9,16H,1,7-8,10-11H2,2-4H3. The topological polar surface area (TPSA) is 21.3 Å². The molecule has 0 saturated carbocycles. The number of hydrogen-bond acceptors (Lipinski definition) is 2. The van der Waals surface area contributed by atoms with Gasteiger partial charge in [0.2, 0.25) is 0 Å². The minimum Gasteiger partial charge on any atom is -0.376 e. The SMILES string of the molecule is C=C(C)COCCNCc1ccc(C)cc1C. The molecule has 17 heavy (non-hydrogen) atoms. The zero-order chi connectivity index (χ0) is 12.7. The van der Waals surface area contributed by atoms with Crippen LogP contribution < -0.4 is 5.32 Å². The van der Waals surface area contributed by atoms with Gasteiger partial charge < -0.3 is 10.1 Å². The van der Waals surface area contributed by atoms with Gasteiger partial charge in [0.15, 0.2) is 0 Å². The monoisotopic (exact) mass is 233 g/mol. The summed E-state index contributed by atoms with van der Waals surface area (Å²) < 4.78 is 5.42. The van der Waals surface area contributed by atoms with E-state index in [1.54, 1.807) is 0 Å². The van der Waals surface area contributed by atoms with Crippen LogP contribution in [0.3, 0.4) is 0 Å². The highest BCUT2D eigenvalue weighted by molar-refractivity contribution is 5.30. The predicted molar refractivity (Wildman–Crippen MR) is 73.3 cm³/mol. The van der Waals surface area contributed by atoms with Gasteiger partial charge in [-0.15, -0.1) is 0 Å². The molecule has 0 amide bonds. The van der Waals surface area contributed by atoms with Crippen molar-refractivity contribution in [2.24, 2.45) is 0 Å². The molecule has 2 heteroatoms. The zero-order valence-corrected chi connectivity index (χ0v) is 11.2. The minimum absolute atomic E-state index is 0.658. The molecule has 0 aliphatic carbocycles. The van der Waals surface area contributed by atoms with Gasteiger partial charge in [0.25, 0.3) is 0 Å². The van der Waals surface area contributed by atoms with E-state index >= 15 is 0 Å². The fourth-order valence-electron chi connectivity index (χ4n) is 1.66. The molecule has 0 heterocycles.